The van der Waals surface area contributed by atoms with Gasteiger partial charge in [0.2, 0.25) is 0 Å². The molecule has 0 aliphatic rings. The fourth-order valence-electron chi connectivity index (χ4n) is 8.04. The summed E-state index contributed by atoms with van der Waals surface area (Å²) < 4.78 is 2.34. The predicted molar refractivity (Wildman–Crippen MR) is 227 cm³/mol. The van der Waals surface area contributed by atoms with E-state index in [0.717, 1.165) is 61.9 Å². The van der Waals surface area contributed by atoms with Crippen molar-refractivity contribution in [2.75, 3.05) is 14.1 Å². The van der Waals surface area contributed by atoms with E-state index in [1.54, 1.807) is 0 Å². The molecule has 6 heteroatoms. The molecule has 0 saturated carbocycles. The Hall–Kier alpha value is -6.44. The molecule has 9 aromatic rings. The molecule has 2 unspecified atom stereocenters. The summed E-state index contributed by atoms with van der Waals surface area (Å²) in [5.74, 6) is 0.897. The highest BCUT2D eigenvalue weighted by Crippen LogP contribution is 2.39. The van der Waals surface area contributed by atoms with Crippen LogP contribution in [-0.2, 0) is 6.54 Å². The lowest BCUT2D eigenvalue weighted by Crippen LogP contribution is -2.42. The van der Waals surface area contributed by atoms with E-state index in [2.05, 4.69) is 202 Å². The number of nitrogens with one attached hydrogen (secondary N) is 2. The highest BCUT2D eigenvalue weighted by atomic mass is 15.3. The van der Waals surface area contributed by atoms with Crippen molar-refractivity contribution in [1.29, 1.82) is 0 Å². The Morgan fingerprint density at radius 2 is 1.20 bits per heavy atom. The molecule has 268 valence electrons. The fourth-order valence-corrected chi connectivity index (χ4v) is 8.04. The quantitative estimate of drug-likeness (QED) is 0.103. The third-order valence-electron chi connectivity index (χ3n) is 10.6. The topological polar surface area (TPSA) is 58.0 Å². The summed E-state index contributed by atoms with van der Waals surface area (Å²) in [4.78, 5) is 12.3. The molecule has 6 nitrogen and oxygen atoms in total. The van der Waals surface area contributed by atoms with E-state index >= 15 is 0 Å². The number of pyridine rings is 1. The molecule has 9 rings (SSSR count). The summed E-state index contributed by atoms with van der Waals surface area (Å²) in [6.07, 6.45) is 3.73. The number of fused-ring (bicyclic) bond motifs is 6. The summed E-state index contributed by atoms with van der Waals surface area (Å²) in [6.45, 7) is 0.731. The minimum absolute atomic E-state index is 0.00603. The Balaban J connectivity index is 1.18. The number of rotatable bonds is 11. The monoisotopic (exact) mass is 714 g/mol. The number of hydrogen-bond acceptors (Lipinski definition) is 5. The SMILES string of the molecule is CNC(c1ccccc1)N(C)C(NCc1ccccc1)c1cccc(-c2cccc(-n3c(-c4ccccc4)nc4c5cnccc5c5ccccc5c43)c2)c1. The van der Waals surface area contributed by atoms with Crippen LogP contribution in [0.5, 0.6) is 0 Å². The molecule has 0 saturated heterocycles. The van der Waals surface area contributed by atoms with Crippen molar-refractivity contribution < 1.29 is 0 Å². The second kappa shape index (κ2) is 15.1. The fraction of sp³-hybridized carbons (Fsp3) is 0.102. The first-order valence-corrected chi connectivity index (χ1v) is 18.8. The van der Waals surface area contributed by atoms with Crippen molar-refractivity contribution in [2.24, 2.45) is 0 Å². The first-order valence-electron chi connectivity index (χ1n) is 18.8. The summed E-state index contributed by atoms with van der Waals surface area (Å²) in [7, 11) is 4.21. The molecule has 7 aromatic carbocycles. The van der Waals surface area contributed by atoms with E-state index in [1.165, 1.54) is 22.1 Å². The van der Waals surface area contributed by atoms with Gasteiger partial charge < -0.3 is 5.32 Å². The van der Waals surface area contributed by atoms with Gasteiger partial charge in [-0.2, -0.15) is 0 Å². The Kier molecular flexibility index (Phi) is 9.44. The van der Waals surface area contributed by atoms with Gasteiger partial charge in [0.05, 0.1) is 23.4 Å². The van der Waals surface area contributed by atoms with Crippen molar-refractivity contribution in [3.05, 3.63) is 199 Å². The van der Waals surface area contributed by atoms with E-state index in [9.17, 15) is 0 Å². The summed E-state index contributed by atoms with van der Waals surface area (Å²) in [5, 5.41) is 12.0. The smallest absolute Gasteiger partial charge is 0.145 e. The van der Waals surface area contributed by atoms with Crippen LogP contribution < -0.4 is 10.6 Å². The molecule has 2 atom stereocenters. The summed E-state index contributed by atoms with van der Waals surface area (Å²) in [6, 6.07) is 60.3. The van der Waals surface area contributed by atoms with Crippen LogP contribution in [0.4, 0.5) is 0 Å². The summed E-state index contributed by atoms with van der Waals surface area (Å²) >= 11 is 0. The second-order valence-electron chi connectivity index (χ2n) is 14.0. The molecule has 2 N–H and O–H groups in total. The maximum absolute atomic E-state index is 5.39. The molecule has 0 aliphatic carbocycles. The van der Waals surface area contributed by atoms with Crippen molar-refractivity contribution >= 4 is 32.6 Å². The van der Waals surface area contributed by atoms with Crippen LogP contribution in [0.3, 0.4) is 0 Å². The minimum atomic E-state index is -0.0866. The number of imidazole rings is 1. The van der Waals surface area contributed by atoms with Crippen LogP contribution in [0.25, 0.3) is 60.8 Å². The van der Waals surface area contributed by atoms with Crippen LogP contribution in [0.1, 0.15) is 29.0 Å². The molecule has 0 fully saturated rings. The van der Waals surface area contributed by atoms with Gasteiger partial charge in [0.1, 0.15) is 5.82 Å². The molecular formula is C49H42N6. The zero-order chi connectivity index (χ0) is 37.1. The van der Waals surface area contributed by atoms with Gasteiger partial charge in [-0.3, -0.25) is 19.8 Å². The zero-order valence-corrected chi connectivity index (χ0v) is 31.0. The van der Waals surface area contributed by atoms with Gasteiger partial charge in [0.15, 0.2) is 0 Å². The highest BCUT2D eigenvalue weighted by molar-refractivity contribution is 6.24. The number of nitrogens with zero attached hydrogens (tertiary/aromatic N) is 4. The Bertz CT molecular complexity index is 2730. The largest absolute Gasteiger partial charge is 0.301 e. The normalized spacial score (nSPS) is 12.8. The maximum atomic E-state index is 5.39. The van der Waals surface area contributed by atoms with Gasteiger partial charge in [-0.15, -0.1) is 0 Å². The molecule has 55 heavy (non-hydrogen) atoms. The van der Waals surface area contributed by atoms with Gasteiger partial charge >= 0.3 is 0 Å². The van der Waals surface area contributed by atoms with E-state index < -0.39 is 0 Å². The lowest BCUT2D eigenvalue weighted by atomic mass is 9.99. The predicted octanol–water partition coefficient (Wildman–Crippen LogP) is 10.7. The molecular weight excluding hydrogens is 673 g/mol. The van der Waals surface area contributed by atoms with Crippen molar-refractivity contribution in [2.45, 2.75) is 18.9 Å². The Morgan fingerprint density at radius 3 is 1.96 bits per heavy atom. The first-order chi connectivity index (χ1) is 27.2. The zero-order valence-electron chi connectivity index (χ0n) is 31.0. The molecule has 0 spiro atoms. The van der Waals surface area contributed by atoms with Gasteiger partial charge in [0, 0.05) is 41.0 Å². The molecule has 0 aliphatic heterocycles. The van der Waals surface area contributed by atoms with Crippen LogP contribution in [-0.4, -0.2) is 33.5 Å². The van der Waals surface area contributed by atoms with Gasteiger partial charge in [-0.25, -0.2) is 4.98 Å². The van der Waals surface area contributed by atoms with Crippen LogP contribution >= 0.6 is 0 Å². The standard InChI is InChI=1S/C49H42N6/c1-50-47(35-18-8-4-9-19-35)54(2)48(52-32-34-16-6-3-7-17-34)39-24-14-22-37(30-39)38-23-15-25-40(31-38)55-46-43-27-13-12-26-41(43)42-28-29-51-33-44(42)45(46)53-49(55)36-20-10-5-11-21-36/h3-31,33,47-48,50,52H,32H2,1-2H3. The Morgan fingerprint density at radius 1 is 0.582 bits per heavy atom. The van der Waals surface area contributed by atoms with Crippen molar-refractivity contribution in [3.8, 4) is 28.2 Å². The lowest BCUT2D eigenvalue weighted by molar-refractivity contribution is 0.124. The third kappa shape index (κ3) is 6.57. The molecule has 0 amide bonds. The van der Waals surface area contributed by atoms with Gasteiger partial charge in [-0.05, 0) is 77.0 Å². The maximum Gasteiger partial charge on any atom is 0.145 e. The Labute approximate surface area is 321 Å². The first kappa shape index (κ1) is 34.3. The highest BCUT2D eigenvalue weighted by Gasteiger charge is 2.25. The van der Waals surface area contributed by atoms with Crippen LogP contribution in [0.2, 0.25) is 0 Å². The lowest BCUT2D eigenvalue weighted by Gasteiger charge is -2.36. The average molecular weight is 715 g/mol. The molecule has 0 bridgehead atoms. The van der Waals surface area contributed by atoms with E-state index in [0.29, 0.717) is 0 Å². The molecule has 2 heterocycles. The third-order valence-corrected chi connectivity index (χ3v) is 10.6. The molecule has 2 aromatic heterocycles. The summed E-state index contributed by atoms with van der Waals surface area (Å²) in [5.41, 5.74) is 10.0. The van der Waals surface area contributed by atoms with E-state index in [4.69, 9.17) is 4.98 Å². The van der Waals surface area contributed by atoms with Gasteiger partial charge in [0.25, 0.3) is 0 Å². The number of hydrogen-bond donors (Lipinski definition) is 2. The van der Waals surface area contributed by atoms with E-state index in [-0.39, 0.29) is 12.3 Å². The second-order valence-corrected chi connectivity index (χ2v) is 14.0. The average Bonchev–Trinajstić information content (AvgIpc) is 3.67. The minimum Gasteiger partial charge on any atom is -0.301 e. The van der Waals surface area contributed by atoms with Crippen LogP contribution in [0.15, 0.2) is 182 Å². The number of aromatic nitrogens is 3. The van der Waals surface area contributed by atoms with Crippen molar-refractivity contribution in [1.82, 2.24) is 30.1 Å². The number of benzene rings is 7. The van der Waals surface area contributed by atoms with Crippen molar-refractivity contribution in [3.63, 3.8) is 0 Å². The molecule has 0 radical (unpaired) electrons. The van der Waals surface area contributed by atoms with Crippen LogP contribution in [0, 0.1) is 0 Å². The van der Waals surface area contributed by atoms with Gasteiger partial charge in [-0.1, -0.05) is 146 Å². The van der Waals surface area contributed by atoms with E-state index in [1.807, 2.05) is 19.4 Å².